The Morgan fingerprint density at radius 3 is 2.56 bits per heavy atom. The van der Waals surface area contributed by atoms with Gasteiger partial charge in [-0.1, -0.05) is 29.4 Å². The molecule has 1 aliphatic rings. The normalized spacial score (nSPS) is 14.9. The van der Waals surface area contributed by atoms with Gasteiger partial charge >= 0.3 is 0 Å². The summed E-state index contributed by atoms with van der Waals surface area (Å²) in [6.07, 6.45) is 2.39. The molecule has 2 heterocycles. The smallest absolute Gasteiger partial charge is 0.275 e. The highest BCUT2D eigenvalue weighted by molar-refractivity contribution is 5.93. The standard InChI is InChI=1S/C21H29N3O3/c1-21(2,26)11-9-15-5-7-16(8-6-15)13-24-12-10-18-17(14-24)19(22-27-18)20(25)23(3)4/h5-8,26H,9-14H2,1-4H3. The van der Waals surface area contributed by atoms with Gasteiger partial charge in [0.2, 0.25) is 0 Å². The van der Waals surface area contributed by atoms with E-state index in [9.17, 15) is 9.90 Å². The number of carbonyl (C=O) groups excluding carboxylic acids is 1. The minimum atomic E-state index is -0.634. The molecule has 1 aliphatic heterocycles. The van der Waals surface area contributed by atoms with Crippen LogP contribution in [0.15, 0.2) is 28.8 Å². The maximum Gasteiger partial charge on any atom is 0.275 e. The van der Waals surface area contributed by atoms with Gasteiger partial charge < -0.3 is 14.5 Å². The van der Waals surface area contributed by atoms with Crippen molar-refractivity contribution in [3.8, 4) is 0 Å². The molecular formula is C21H29N3O3. The van der Waals surface area contributed by atoms with Crippen molar-refractivity contribution in [1.29, 1.82) is 0 Å². The Morgan fingerprint density at radius 2 is 1.93 bits per heavy atom. The van der Waals surface area contributed by atoms with E-state index in [1.807, 2.05) is 13.8 Å². The number of amides is 1. The Labute approximate surface area is 160 Å². The van der Waals surface area contributed by atoms with Crippen molar-refractivity contribution in [2.24, 2.45) is 0 Å². The number of aryl methyl sites for hydroxylation is 1. The highest BCUT2D eigenvalue weighted by Crippen LogP contribution is 2.24. The summed E-state index contributed by atoms with van der Waals surface area (Å²) in [5.41, 5.74) is 3.19. The molecule has 3 rings (SSSR count). The van der Waals surface area contributed by atoms with E-state index in [1.165, 1.54) is 16.0 Å². The second-order valence-electron chi connectivity index (χ2n) is 8.22. The number of rotatable bonds is 6. The van der Waals surface area contributed by atoms with Crippen LogP contribution in [0.25, 0.3) is 0 Å². The number of hydrogen-bond acceptors (Lipinski definition) is 5. The van der Waals surface area contributed by atoms with E-state index in [0.717, 1.165) is 43.7 Å². The first-order valence-corrected chi connectivity index (χ1v) is 9.44. The molecule has 2 aromatic rings. The van der Waals surface area contributed by atoms with Crippen LogP contribution >= 0.6 is 0 Å². The zero-order valence-electron chi connectivity index (χ0n) is 16.7. The molecule has 0 spiro atoms. The van der Waals surface area contributed by atoms with E-state index in [0.29, 0.717) is 12.2 Å². The van der Waals surface area contributed by atoms with Gasteiger partial charge in [0.1, 0.15) is 5.76 Å². The third-order valence-corrected chi connectivity index (χ3v) is 4.97. The van der Waals surface area contributed by atoms with E-state index >= 15 is 0 Å². The summed E-state index contributed by atoms with van der Waals surface area (Å²) in [7, 11) is 3.45. The van der Waals surface area contributed by atoms with Crippen LogP contribution in [0.4, 0.5) is 0 Å². The summed E-state index contributed by atoms with van der Waals surface area (Å²) in [5, 5.41) is 13.9. The second-order valence-corrected chi connectivity index (χ2v) is 8.22. The Hall–Kier alpha value is -2.18. The molecule has 0 radical (unpaired) electrons. The lowest BCUT2D eigenvalue weighted by molar-refractivity contribution is 0.0713. The average molecular weight is 371 g/mol. The predicted octanol–water partition coefficient (Wildman–Crippen LogP) is 2.64. The number of benzene rings is 1. The minimum Gasteiger partial charge on any atom is -0.390 e. The topological polar surface area (TPSA) is 69.8 Å². The summed E-state index contributed by atoms with van der Waals surface area (Å²) >= 11 is 0. The van der Waals surface area contributed by atoms with Crippen molar-refractivity contribution in [3.05, 3.63) is 52.4 Å². The third-order valence-electron chi connectivity index (χ3n) is 4.97. The minimum absolute atomic E-state index is 0.113. The fraction of sp³-hybridized carbons (Fsp3) is 0.524. The van der Waals surface area contributed by atoms with Gasteiger partial charge in [-0.25, -0.2) is 0 Å². The number of nitrogens with zero attached hydrogens (tertiary/aromatic N) is 3. The molecule has 0 saturated carbocycles. The molecule has 6 heteroatoms. The first-order chi connectivity index (χ1) is 12.7. The lowest BCUT2D eigenvalue weighted by Gasteiger charge is -2.26. The van der Waals surface area contributed by atoms with Crippen LogP contribution < -0.4 is 0 Å². The zero-order valence-corrected chi connectivity index (χ0v) is 16.7. The Balaban J connectivity index is 1.63. The number of hydrogen-bond donors (Lipinski definition) is 1. The number of aliphatic hydroxyl groups is 1. The second kappa shape index (κ2) is 7.82. The molecule has 0 fully saturated rings. The van der Waals surface area contributed by atoms with E-state index < -0.39 is 5.60 Å². The Morgan fingerprint density at radius 1 is 1.26 bits per heavy atom. The zero-order chi connectivity index (χ0) is 19.6. The molecule has 1 aromatic heterocycles. The van der Waals surface area contributed by atoms with Gasteiger partial charge in [-0.2, -0.15) is 0 Å². The average Bonchev–Trinajstić information content (AvgIpc) is 3.03. The molecule has 0 saturated heterocycles. The van der Waals surface area contributed by atoms with Crippen molar-refractivity contribution in [3.63, 3.8) is 0 Å². The van der Waals surface area contributed by atoms with Crippen LogP contribution in [-0.4, -0.2) is 52.2 Å². The van der Waals surface area contributed by atoms with Gasteiger partial charge in [-0.05, 0) is 37.8 Å². The van der Waals surface area contributed by atoms with Gasteiger partial charge in [0.05, 0.1) is 5.60 Å². The SMILES string of the molecule is CN(C)C(=O)c1noc2c1CN(Cc1ccc(CCC(C)(C)O)cc1)CC2. The van der Waals surface area contributed by atoms with Gasteiger partial charge in [0.25, 0.3) is 5.91 Å². The molecule has 6 nitrogen and oxygen atoms in total. The van der Waals surface area contributed by atoms with Crippen molar-refractivity contribution >= 4 is 5.91 Å². The largest absolute Gasteiger partial charge is 0.390 e. The molecule has 146 valence electrons. The Kier molecular flexibility index (Phi) is 5.67. The monoisotopic (exact) mass is 371 g/mol. The van der Waals surface area contributed by atoms with Crippen LogP contribution in [0, 0.1) is 0 Å². The van der Waals surface area contributed by atoms with Crippen LogP contribution in [0.3, 0.4) is 0 Å². The number of carbonyl (C=O) groups is 1. The van der Waals surface area contributed by atoms with E-state index in [2.05, 4.69) is 34.3 Å². The quantitative estimate of drug-likeness (QED) is 0.845. The fourth-order valence-corrected chi connectivity index (χ4v) is 3.30. The Bertz CT molecular complexity index is 788. The molecule has 27 heavy (non-hydrogen) atoms. The molecule has 0 unspecified atom stereocenters. The van der Waals surface area contributed by atoms with Gasteiger partial charge in [0, 0.05) is 45.7 Å². The molecule has 0 bridgehead atoms. The summed E-state index contributed by atoms with van der Waals surface area (Å²) < 4.78 is 5.38. The molecule has 0 aliphatic carbocycles. The van der Waals surface area contributed by atoms with Crippen molar-refractivity contribution < 1.29 is 14.4 Å². The molecule has 0 atom stereocenters. The highest BCUT2D eigenvalue weighted by atomic mass is 16.5. The first kappa shape index (κ1) is 19.6. The first-order valence-electron chi connectivity index (χ1n) is 9.44. The van der Waals surface area contributed by atoms with E-state index in [1.54, 1.807) is 14.1 Å². The number of aromatic nitrogens is 1. The maximum atomic E-state index is 12.3. The van der Waals surface area contributed by atoms with Crippen LogP contribution in [0.5, 0.6) is 0 Å². The molecule has 1 amide bonds. The third kappa shape index (κ3) is 4.96. The predicted molar refractivity (Wildman–Crippen MR) is 103 cm³/mol. The fourth-order valence-electron chi connectivity index (χ4n) is 3.30. The maximum absolute atomic E-state index is 12.3. The number of fused-ring (bicyclic) bond motifs is 1. The van der Waals surface area contributed by atoms with E-state index in [-0.39, 0.29) is 5.91 Å². The molecule has 1 aromatic carbocycles. The highest BCUT2D eigenvalue weighted by Gasteiger charge is 2.28. The van der Waals surface area contributed by atoms with Crippen molar-refractivity contribution in [2.45, 2.75) is 51.8 Å². The van der Waals surface area contributed by atoms with Crippen LogP contribution in [0.1, 0.15) is 53.2 Å². The lowest BCUT2D eigenvalue weighted by Crippen LogP contribution is -2.31. The molecular weight excluding hydrogens is 342 g/mol. The lowest BCUT2D eigenvalue weighted by atomic mass is 9.98. The van der Waals surface area contributed by atoms with Crippen molar-refractivity contribution in [1.82, 2.24) is 15.0 Å². The van der Waals surface area contributed by atoms with Crippen molar-refractivity contribution in [2.75, 3.05) is 20.6 Å². The van der Waals surface area contributed by atoms with E-state index in [4.69, 9.17) is 4.52 Å². The molecule has 1 N–H and O–H groups in total. The van der Waals surface area contributed by atoms with Crippen LogP contribution in [-0.2, 0) is 25.9 Å². The summed E-state index contributed by atoms with van der Waals surface area (Å²) in [6, 6.07) is 8.57. The summed E-state index contributed by atoms with van der Waals surface area (Å²) in [4.78, 5) is 16.1. The van der Waals surface area contributed by atoms with Gasteiger partial charge in [0.15, 0.2) is 5.69 Å². The summed E-state index contributed by atoms with van der Waals surface area (Å²) in [5.74, 6) is 0.719. The van der Waals surface area contributed by atoms with Gasteiger partial charge in [-0.15, -0.1) is 0 Å². The van der Waals surface area contributed by atoms with Gasteiger partial charge in [-0.3, -0.25) is 9.69 Å². The van der Waals surface area contributed by atoms with Crippen LogP contribution in [0.2, 0.25) is 0 Å². The summed E-state index contributed by atoms with van der Waals surface area (Å²) in [6.45, 7) is 6.07.